The van der Waals surface area contributed by atoms with Crippen molar-refractivity contribution < 1.29 is 28.7 Å². The van der Waals surface area contributed by atoms with Crippen molar-refractivity contribution in [2.45, 2.75) is 88.4 Å². The van der Waals surface area contributed by atoms with Gasteiger partial charge in [-0.2, -0.15) is 0 Å². The molecule has 1 spiro atoms. The number of hydrogen-bond acceptors (Lipinski definition) is 8. The number of fused-ring (bicyclic) bond motifs is 5. The van der Waals surface area contributed by atoms with Gasteiger partial charge in [-0.05, 0) is 97.9 Å². The second-order valence-corrected chi connectivity index (χ2v) is 14.9. The van der Waals surface area contributed by atoms with E-state index in [0.29, 0.717) is 13.1 Å². The normalized spacial score (nSPS) is 20.5. The number of alkyl carbamates (subject to hydrolysis) is 2. The topological polar surface area (TPSA) is 175 Å². The Kier molecular flexibility index (Phi) is 9.14. The molecule has 1 saturated carbocycles. The molecule has 4 heterocycles. The number of methoxy groups -OCH3 is 2. The van der Waals surface area contributed by atoms with Crippen LogP contribution in [0.1, 0.15) is 93.7 Å². The lowest BCUT2D eigenvalue weighted by atomic mass is 9.62. The van der Waals surface area contributed by atoms with E-state index in [-0.39, 0.29) is 29.3 Å². The molecule has 54 heavy (non-hydrogen) atoms. The second kappa shape index (κ2) is 14.0. The van der Waals surface area contributed by atoms with E-state index in [1.807, 2.05) is 12.4 Å². The Morgan fingerprint density at radius 3 is 1.56 bits per heavy atom. The highest BCUT2D eigenvalue weighted by atomic mass is 16.5. The Labute approximate surface area is 313 Å². The first kappa shape index (κ1) is 35.4. The van der Waals surface area contributed by atoms with Gasteiger partial charge in [0, 0.05) is 18.5 Å². The van der Waals surface area contributed by atoms with Gasteiger partial charge in [0.05, 0.1) is 50.1 Å². The van der Waals surface area contributed by atoms with Gasteiger partial charge in [0.1, 0.15) is 23.7 Å². The van der Waals surface area contributed by atoms with E-state index in [4.69, 9.17) is 9.97 Å². The number of likely N-dealkylation sites (tertiary alicyclic amines) is 2. The number of nitrogens with zero attached hydrogens (tertiary/aromatic N) is 4. The maximum atomic E-state index is 13.3. The zero-order valence-electron chi connectivity index (χ0n) is 31.0. The molecule has 282 valence electrons. The summed E-state index contributed by atoms with van der Waals surface area (Å²) in [5, 5.41) is 5.17. The number of aromatic amines is 2. The fourth-order valence-corrected chi connectivity index (χ4v) is 8.93. The van der Waals surface area contributed by atoms with Crippen LogP contribution in [0.4, 0.5) is 9.59 Å². The molecular weight excluding hydrogens is 688 g/mol. The zero-order valence-corrected chi connectivity index (χ0v) is 31.0. The molecule has 0 bridgehead atoms. The first-order valence-corrected chi connectivity index (χ1v) is 18.8. The van der Waals surface area contributed by atoms with Gasteiger partial charge in [-0.3, -0.25) is 9.59 Å². The molecule has 2 aromatic heterocycles. The SMILES string of the molecule is COC(=O)N[C@@H](C)C(=O)N1CCC[C@H]1c1ncc(-c2ccc3c(c2)C2(CCC2)c2cc(-c4cnc([C@@H]5CCCN5C(=O)[C@H](C)NC(=O)OC)[nH]4)ccc2-3)[nH]1. The van der Waals surface area contributed by atoms with Crippen LogP contribution in [0, 0.1) is 0 Å². The number of carbonyl (C=O) groups excluding carboxylic acids is 4. The first-order chi connectivity index (χ1) is 26.1. The molecule has 0 radical (unpaired) electrons. The van der Waals surface area contributed by atoms with E-state index >= 15 is 0 Å². The summed E-state index contributed by atoms with van der Waals surface area (Å²) in [6.45, 7) is 4.53. The quantitative estimate of drug-likeness (QED) is 0.178. The molecule has 4 amide bonds. The number of ether oxygens (including phenoxy) is 2. The molecular formula is C40H46N8O6. The van der Waals surface area contributed by atoms with Crippen LogP contribution in [0.25, 0.3) is 33.6 Å². The molecule has 14 heteroatoms. The minimum atomic E-state index is -0.708. The maximum Gasteiger partial charge on any atom is 0.407 e. The van der Waals surface area contributed by atoms with E-state index < -0.39 is 24.3 Å². The summed E-state index contributed by atoms with van der Waals surface area (Å²) in [5.41, 5.74) is 8.99. The van der Waals surface area contributed by atoms with Crippen molar-refractivity contribution in [1.82, 2.24) is 40.4 Å². The minimum absolute atomic E-state index is 0.0721. The molecule has 4 atom stereocenters. The molecule has 2 aliphatic carbocycles. The van der Waals surface area contributed by atoms with E-state index in [1.54, 1.807) is 23.6 Å². The summed E-state index contributed by atoms with van der Waals surface area (Å²) >= 11 is 0. The van der Waals surface area contributed by atoms with Crippen LogP contribution in [-0.2, 0) is 24.5 Å². The lowest BCUT2D eigenvalue weighted by Gasteiger charge is -2.41. The second-order valence-electron chi connectivity index (χ2n) is 14.9. The number of H-pyrrole nitrogens is 2. The Balaban J connectivity index is 1.02. The van der Waals surface area contributed by atoms with Crippen LogP contribution in [0.2, 0.25) is 0 Å². The predicted molar refractivity (Wildman–Crippen MR) is 199 cm³/mol. The van der Waals surface area contributed by atoms with Crippen molar-refractivity contribution in [1.29, 1.82) is 0 Å². The summed E-state index contributed by atoms with van der Waals surface area (Å²) in [6.07, 6.45) is 9.01. The third-order valence-corrected chi connectivity index (χ3v) is 11.9. The summed E-state index contributed by atoms with van der Waals surface area (Å²) in [7, 11) is 2.56. The largest absolute Gasteiger partial charge is 0.453 e. The van der Waals surface area contributed by atoms with Gasteiger partial charge in [-0.25, -0.2) is 19.6 Å². The summed E-state index contributed by atoms with van der Waals surface area (Å²) in [6, 6.07) is 11.5. The van der Waals surface area contributed by atoms with Crippen molar-refractivity contribution in [3.8, 4) is 33.6 Å². The molecule has 3 fully saturated rings. The lowest BCUT2D eigenvalue weighted by molar-refractivity contribution is -0.134. The Morgan fingerprint density at radius 2 is 1.17 bits per heavy atom. The average molecular weight is 735 g/mol. The van der Waals surface area contributed by atoms with Crippen LogP contribution in [0.5, 0.6) is 0 Å². The first-order valence-electron chi connectivity index (χ1n) is 18.8. The Hall–Kier alpha value is -5.66. The van der Waals surface area contributed by atoms with E-state index in [2.05, 4.69) is 66.5 Å². The number of rotatable bonds is 8. The number of aromatic nitrogens is 4. The van der Waals surface area contributed by atoms with Gasteiger partial charge >= 0.3 is 12.2 Å². The van der Waals surface area contributed by atoms with Gasteiger partial charge in [0.25, 0.3) is 0 Å². The predicted octanol–water partition coefficient (Wildman–Crippen LogP) is 5.73. The van der Waals surface area contributed by atoms with Crippen LogP contribution in [-0.4, -0.2) is 93.1 Å². The molecule has 4 N–H and O–H groups in total. The fourth-order valence-electron chi connectivity index (χ4n) is 8.93. The number of benzene rings is 2. The van der Waals surface area contributed by atoms with Gasteiger partial charge in [0.2, 0.25) is 11.8 Å². The zero-order chi connectivity index (χ0) is 37.7. The molecule has 2 aliphatic heterocycles. The van der Waals surface area contributed by atoms with E-state index in [9.17, 15) is 19.2 Å². The Bertz CT molecular complexity index is 1980. The van der Waals surface area contributed by atoms with Crippen molar-refractivity contribution in [2.75, 3.05) is 27.3 Å². The third-order valence-electron chi connectivity index (χ3n) is 11.9. The van der Waals surface area contributed by atoms with Gasteiger partial charge in [0.15, 0.2) is 0 Å². The number of carbonyl (C=O) groups is 4. The summed E-state index contributed by atoms with van der Waals surface area (Å²) in [5.74, 6) is 1.15. The van der Waals surface area contributed by atoms with Gasteiger partial charge in [-0.15, -0.1) is 0 Å². The van der Waals surface area contributed by atoms with Crippen LogP contribution in [0.3, 0.4) is 0 Å². The minimum Gasteiger partial charge on any atom is -0.453 e. The maximum absolute atomic E-state index is 13.3. The van der Waals surface area contributed by atoms with Crippen LogP contribution >= 0.6 is 0 Å². The van der Waals surface area contributed by atoms with Gasteiger partial charge < -0.3 is 39.9 Å². The number of imidazole rings is 2. The molecule has 0 unspecified atom stereocenters. The number of nitrogens with one attached hydrogen (secondary N) is 4. The lowest BCUT2D eigenvalue weighted by Crippen LogP contribution is -2.46. The third kappa shape index (κ3) is 5.97. The van der Waals surface area contributed by atoms with E-state index in [0.717, 1.165) is 79.1 Å². The molecule has 2 aromatic carbocycles. The Morgan fingerprint density at radius 1 is 0.722 bits per heavy atom. The average Bonchev–Trinajstić information content (AvgIpc) is 4.01. The number of hydrogen-bond donors (Lipinski definition) is 4. The van der Waals surface area contributed by atoms with Crippen molar-refractivity contribution in [3.63, 3.8) is 0 Å². The monoisotopic (exact) mass is 734 g/mol. The molecule has 4 aromatic rings. The van der Waals surface area contributed by atoms with E-state index in [1.165, 1.54) is 36.5 Å². The van der Waals surface area contributed by atoms with Gasteiger partial charge in [-0.1, -0.05) is 30.7 Å². The standard InChI is InChI=1S/C40H46N8O6/c1-22(43-38(51)53-3)36(49)47-16-5-8-32(47)34-41-20-30(45-34)24-10-12-26-27-13-11-25(19-29(27)40(14-7-15-40)28(26)18-24)31-21-42-35(46-31)33-9-6-17-48(33)37(50)23(2)44-39(52)54-4/h10-13,18-23,32-33H,5-9,14-17H2,1-4H3,(H,41,45)(H,42,46)(H,43,51)(H,44,52)/t22-,23-,32-,33-/m0/s1. The molecule has 4 aliphatic rings. The summed E-state index contributed by atoms with van der Waals surface area (Å²) < 4.78 is 9.36. The molecule has 14 nitrogen and oxygen atoms in total. The van der Waals surface area contributed by atoms with Crippen molar-refractivity contribution in [2.24, 2.45) is 0 Å². The highest BCUT2D eigenvalue weighted by Crippen LogP contribution is 2.59. The van der Waals surface area contributed by atoms with Crippen molar-refractivity contribution >= 4 is 24.0 Å². The fraction of sp³-hybridized carbons (Fsp3) is 0.450. The molecule has 8 rings (SSSR count). The molecule has 2 saturated heterocycles. The number of amides is 4. The highest BCUT2D eigenvalue weighted by molar-refractivity contribution is 5.88. The van der Waals surface area contributed by atoms with Crippen LogP contribution < -0.4 is 10.6 Å². The van der Waals surface area contributed by atoms with Crippen molar-refractivity contribution in [3.05, 3.63) is 71.6 Å². The van der Waals surface area contributed by atoms with Crippen LogP contribution in [0.15, 0.2) is 48.8 Å². The summed E-state index contributed by atoms with van der Waals surface area (Å²) in [4.78, 5) is 70.1. The smallest absolute Gasteiger partial charge is 0.407 e. The highest BCUT2D eigenvalue weighted by Gasteiger charge is 2.48.